The largest absolute Gasteiger partial charge is 0.333 e. The molecular weight excluding hydrogens is 380 g/mol. The maximum atomic E-state index is 5.01. The molecule has 0 saturated heterocycles. The van der Waals surface area contributed by atoms with Gasteiger partial charge in [0.25, 0.3) is 5.89 Å². The zero-order valence-electron chi connectivity index (χ0n) is 6.67. The van der Waals surface area contributed by atoms with Crippen molar-refractivity contribution in [3.63, 3.8) is 0 Å². The van der Waals surface area contributed by atoms with Gasteiger partial charge < -0.3 is 4.52 Å². The molecule has 1 heterocycles. The summed E-state index contributed by atoms with van der Waals surface area (Å²) in [4.78, 5) is 4.06. The molecule has 72 valence electrons. The summed E-state index contributed by atoms with van der Waals surface area (Å²) in [6.45, 7) is 0. The molecule has 0 bridgehead atoms. The number of nitrogens with zero attached hydrogens (tertiary/aromatic N) is 2. The van der Waals surface area contributed by atoms with E-state index in [1.54, 1.807) is 0 Å². The van der Waals surface area contributed by atoms with Crippen molar-refractivity contribution in [2.45, 2.75) is 0 Å². The predicted octanol–water partition coefficient (Wildman–Crippen LogP) is 4.02. The maximum Gasteiger partial charge on any atom is 0.258 e. The second-order valence-electron chi connectivity index (χ2n) is 2.53. The number of hydrogen-bond acceptors (Lipinski definition) is 3. The normalized spacial score (nSPS) is 10.5. The molecule has 0 saturated carbocycles. The number of hydrogen-bond donors (Lipinski definition) is 0. The van der Waals surface area contributed by atoms with Crippen LogP contribution in [0.3, 0.4) is 0 Å². The quantitative estimate of drug-likeness (QED) is 0.747. The minimum absolute atomic E-state index is 0.448. The van der Waals surface area contributed by atoms with Crippen molar-refractivity contribution in [1.29, 1.82) is 0 Å². The first kappa shape index (κ1) is 10.3. The van der Waals surface area contributed by atoms with Crippen molar-refractivity contribution in [1.82, 2.24) is 10.1 Å². The highest BCUT2D eigenvalue weighted by Gasteiger charge is 2.08. The van der Waals surface area contributed by atoms with Gasteiger partial charge in [-0.3, -0.25) is 0 Å². The third kappa shape index (κ3) is 2.24. The molecular formula is C8H3Br3N2O. The van der Waals surface area contributed by atoms with E-state index in [9.17, 15) is 0 Å². The van der Waals surface area contributed by atoms with E-state index in [4.69, 9.17) is 4.52 Å². The molecule has 6 heteroatoms. The molecule has 2 aromatic rings. The van der Waals surface area contributed by atoms with Crippen molar-refractivity contribution < 1.29 is 4.52 Å². The Morgan fingerprint density at radius 1 is 1.00 bits per heavy atom. The van der Waals surface area contributed by atoms with E-state index in [1.165, 1.54) is 0 Å². The summed E-state index contributed by atoms with van der Waals surface area (Å²) < 4.78 is 7.37. The Kier molecular flexibility index (Phi) is 3.04. The van der Waals surface area contributed by atoms with Gasteiger partial charge in [0.05, 0.1) is 0 Å². The fourth-order valence-corrected chi connectivity index (χ4v) is 2.53. The molecule has 0 aliphatic heterocycles. The molecule has 0 atom stereocenters. The molecule has 0 aliphatic rings. The van der Waals surface area contributed by atoms with Gasteiger partial charge in [-0.2, -0.15) is 4.98 Å². The zero-order valence-corrected chi connectivity index (χ0v) is 11.4. The fourth-order valence-electron chi connectivity index (χ4n) is 1.00. The van der Waals surface area contributed by atoms with Crippen LogP contribution in [0.1, 0.15) is 0 Å². The predicted molar refractivity (Wildman–Crippen MR) is 62.8 cm³/mol. The lowest BCUT2D eigenvalue weighted by Gasteiger charge is -1.97. The van der Waals surface area contributed by atoms with E-state index in [0.717, 1.165) is 14.5 Å². The van der Waals surface area contributed by atoms with Crippen LogP contribution in [0.4, 0.5) is 0 Å². The van der Waals surface area contributed by atoms with Crippen molar-refractivity contribution in [3.05, 3.63) is 31.9 Å². The first-order valence-electron chi connectivity index (χ1n) is 3.61. The molecule has 1 aromatic heterocycles. The molecule has 3 nitrogen and oxygen atoms in total. The highest BCUT2D eigenvalue weighted by atomic mass is 79.9. The second-order valence-corrected chi connectivity index (χ2v) is 5.07. The van der Waals surface area contributed by atoms with Crippen molar-refractivity contribution in [3.8, 4) is 11.5 Å². The van der Waals surface area contributed by atoms with Gasteiger partial charge in [0.1, 0.15) is 0 Å². The average molecular weight is 383 g/mol. The average Bonchev–Trinajstić information content (AvgIpc) is 2.50. The van der Waals surface area contributed by atoms with Gasteiger partial charge in [-0.15, -0.1) is 0 Å². The van der Waals surface area contributed by atoms with E-state index in [0.29, 0.717) is 10.6 Å². The molecule has 0 aliphatic carbocycles. The number of benzene rings is 1. The Hall–Kier alpha value is -0.200. The second kappa shape index (κ2) is 4.12. The summed E-state index contributed by atoms with van der Waals surface area (Å²) >= 11 is 9.90. The van der Waals surface area contributed by atoms with Crippen molar-refractivity contribution >= 4 is 47.8 Å². The molecule has 0 unspecified atom stereocenters. The van der Waals surface area contributed by atoms with Crippen LogP contribution in [0.25, 0.3) is 11.5 Å². The summed E-state index contributed by atoms with van der Waals surface area (Å²) in [6.07, 6.45) is 0. The van der Waals surface area contributed by atoms with Crippen LogP contribution in [-0.4, -0.2) is 10.1 Å². The first-order chi connectivity index (χ1) is 6.65. The van der Waals surface area contributed by atoms with Gasteiger partial charge in [-0.25, -0.2) is 0 Å². The molecule has 0 N–H and O–H groups in total. The summed E-state index contributed by atoms with van der Waals surface area (Å²) in [6, 6.07) is 5.75. The van der Waals surface area contributed by atoms with E-state index >= 15 is 0 Å². The van der Waals surface area contributed by atoms with Crippen LogP contribution in [0.5, 0.6) is 0 Å². The van der Waals surface area contributed by atoms with E-state index in [-0.39, 0.29) is 0 Å². The molecule has 0 fully saturated rings. The van der Waals surface area contributed by atoms with Crippen LogP contribution in [0.15, 0.2) is 36.4 Å². The first-order valence-corrected chi connectivity index (χ1v) is 5.99. The smallest absolute Gasteiger partial charge is 0.258 e. The lowest BCUT2D eigenvalue weighted by atomic mass is 10.2. The molecule has 0 spiro atoms. The summed E-state index contributed by atoms with van der Waals surface area (Å²) in [5.41, 5.74) is 0.865. The SMILES string of the molecule is Brc1cc(Br)cc(-c2nc(Br)no2)c1. The van der Waals surface area contributed by atoms with Gasteiger partial charge in [0, 0.05) is 14.5 Å². The Labute approximate surface area is 105 Å². The van der Waals surface area contributed by atoms with E-state index < -0.39 is 0 Å². The lowest BCUT2D eigenvalue weighted by molar-refractivity contribution is 0.426. The van der Waals surface area contributed by atoms with Gasteiger partial charge in [-0.1, -0.05) is 31.9 Å². The van der Waals surface area contributed by atoms with E-state index in [2.05, 4.69) is 57.9 Å². The Balaban J connectivity index is 2.51. The van der Waals surface area contributed by atoms with Crippen LogP contribution >= 0.6 is 47.8 Å². The Morgan fingerprint density at radius 2 is 1.64 bits per heavy atom. The van der Waals surface area contributed by atoms with Crippen LogP contribution in [0, 0.1) is 0 Å². The molecule has 2 rings (SSSR count). The minimum Gasteiger partial charge on any atom is -0.333 e. The monoisotopic (exact) mass is 380 g/mol. The molecule has 14 heavy (non-hydrogen) atoms. The topological polar surface area (TPSA) is 38.9 Å². The van der Waals surface area contributed by atoms with Gasteiger partial charge >= 0.3 is 0 Å². The summed E-state index contributed by atoms with van der Waals surface area (Å²) in [7, 11) is 0. The van der Waals surface area contributed by atoms with Crippen LogP contribution in [0.2, 0.25) is 0 Å². The molecule has 1 aromatic carbocycles. The van der Waals surface area contributed by atoms with Gasteiger partial charge in [0.2, 0.25) is 4.73 Å². The Morgan fingerprint density at radius 3 is 2.14 bits per heavy atom. The van der Waals surface area contributed by atoms with Crippen molar-refractivity contribution in [2.75, 3.05) is 0 Å². The van der Waals surface area contributed by atoms with Gasteiger partial charge in [-0.05, 0) is 39.3 Å². The standard InChI is InChI=1S/C8H3Br3N2O/c9-5-1-4(2-6(10)3-5)7-12-8(11)13-14-7/h1-3H. The number of rotatable bonds is 1. The summed E-state index contributed by atoms with van der Waals surface area (Å²) in [5.74, 6) is 0.485. The van der Waals surface area contributed by atoms with Crippen LogP contribution in [-0.2, 0) is 0 Å². The maximum absolute atomic E-state index is 5.01. The lowest BCUT2D eigenvalue weighted by Crippen LogP contribution is -1.78. The van der Waals surface area contributed by atoms with E-state index in [1.807, 2.05) is 18.2 Å². The highest BCUT2D eigenvalue weighted by molar-refractivity contribution is 9.11. The third-order valence-electron chi connectivity index (χ3n) is 1.51. The summed E-state index contributed by atoms with van der Waals surface area (Å²) in [5, 5.41) is 3.65. The number of halogens is 3. The zero-order chi connectivity index (χ0) is 10.1. The highest BCUT2D eigenvalue weighted by Crippen LogP contribution is 2.27. The molecule has 0 amide bonds. The Bertz CT molecular complexity index is 449. The van der Waals surface area contributed by atoms with Crippen LogP contribution < -0.4 is 0 Å². The number of aromatic nitrogens is 2. The van der Waals surface area contributed by atoms with Gasteiger partial charge in [0.15, 0.2) is 0 Å². The van der Waals surface area contributed by atoms with Crippen molar-refractivity contribution in [2.24, 2.45) is 0 Å². The third-order valence-corrected chi connectivity index (χ3v) is 2.75. The minimum atomic E-state index is 0.448. The molecule has 0 radical (unpaired) electrons. The fraction of sp³-hybridized carbons (Fsp3) is 0.